The van der Waals surface area contributed by atoms with Gasteiger partial charge < -0.3 is 24.8 Å². The summed E-state index contributed by atoms with van der Waals surface area (Å²) in [5.74, 6) is 1.95. The molecule has 2 N–H and O–H groups in total. The van der Waals surface area contributed by atoms with E-state index in [1.54, 1.807) is 0 Å². The van der Waals surface area contributed by atoms with Gasteiger partial charge in [0.05, 0.1) is 12.1 Å². The molecule has 166 valence electrons. The molecule has 0 spiro atoms. The van der Waals surface area contributed by atoms with E-state index in [2.05, 4.69) is 27.2 Å². The minimum absolute atomic E-state index is 0.0630. The fraction of sp³-hybridized carbons (Fsp3) is 0.545. The maximum atomic E-state index is 12.7. The van der Waals surface area contributed by atoms with E-state index in [-0.39, 0.29) is 12.1 Å². The zero-order chi connectivity index (χ0) is 21.4. The van der Waals surface area contributed by atoms with Gasteiger partial charge in [-0.3, -0.25) is 0 Å². The summed E-state index contributed by atoms with van der Waals surface area (Å²) in [4.78, 5) is 14.9. The molecular weight excluding hydrogens is 434 g/mol. The largest absolute Gasteiger partial charge is 0.611 e. The van der Waals surface area contributed by atoms with Crippen molar-refractivity contribution in [2.24, 2.45) is 0 Å². The van der Waals surface area contributed by atoms with Gasteiger partial charge in [-0.1, -0.05) is 24.4 Å². The van der Waals surface area contributed by atoms with Crippen LogP contribution in [0.25, 0.3) is 0 Å². The number of halogens is 1. The quantitative estimate of drug-likeness (QED) is 0.662. The smallest absolute Gasteiger partial charge is 0.228 e. The molecule has 1 aromatic carbocycles. The number of benzene rings is 1. The number of hydrogen-bond donors (Lipinski definition) is 2. The number of hydrogen-bond acceptors (Lipinski definition) is 7. The number of aliphatic hydroxyl groups is 1. The third kappa shape index (κ3) is 4.18. The first kappa shape index (κ1) is 21.1. The number of nitrogens with zero attached hydrogens (tertiary/aromatic N) is 4. The van der Waals surface area contributed by atoms with Gasteiger partial charge in [0.25, 0.3) is 0 Å². The number of aliphatic hydroxyl groups excluding tert-OH is 1. The summed E-state index contributed by atoms with van der Waals surface area (Å²) in [7, 11) is 0. The molecule has 3 heterocycles. The Morgan fingerprint density at radius 3 is 2.42 bits per heavy atom. The predicted molar refractivity (Wildman–Crippen MR) is 125 cm³/mol. The monoisotopic (exact) mass is 461 g/mol. The Morgan fingerprint density at radius 2 is 1.74 bits per heavy atom. The highest BCUT2D eigenvalue weighted by atomic mass is 35.5. The van der Waals surface area contributed by atoms with E-state index in [1.807, 2.05) is 12.1 Å². The molecule has 1 aromatic heterocycles. The highest BCUT2D eigenvalue weighted by Gasteiger charge is 2.39. The third-order valence-corrected chi connectivity index (χ3v) is 8.39. The molecule has 1 saturated carbocycles. The summed E-state index contributed by atoms with van der Waals surface area (Å²) in [6.07, 6.45) is 4.70. The summed E-state index contributed by atoms with van der Waals surface area (Å²) >= 11 is 4.94. The van der Waals surface area contributed by atoms with Crippen molar-refractivity contribution in [3.63, 3.8) is 0 Å². The Morgan fingerprint density at radius 1 is 1.06 bits per heavy atom. The van der Waals surface area contributed by atoms with Gasteiger partial charge in [0, 0.05) is 43.3 Å². The highest BCUT2D eigenvalue weighted by Crippen LogP contribution is 2.38. The molecule has 7 nitrogen and oxygen atoms in total. The molecule has 5 rings (SSSR count). The summed E-state index contributed by atoms with van der Waals surface area (Å²) in [6, 6.07) is 7.95. The third-order valence-electron chi connectivity index (χ3n) is 6.68. The Hall–Kier alpha value is -1.74. The molecule has 2 aromatic rings. The molecule has 3 aliphatic rings. The van der Waals surface area contributed by atoms with E-state index in [0.29, 0.717) is 23.9 Å². The van der Waals surface area contributed by atoms with Crippen molar-refractivity contribution < 1.29 is 9.66 Å². The number of aromatic nitrogens is 2. The number of piperazine rings is 1. The van der Waals surface area contributed by atoms with Crippen molar-refractivity contribution in [3.8, 4) is 0 Å². The highest BCUT2D eigenvalue weighted by molar-refractivity contribution is 7.91. The van der Waals surface area contributed by atoms with Gasteiger partial charge in [-0.2, -0.15) is 4.98 Å². The van der Waals surface area contributed by atoms with Gasteiger partial charge in [-0.25, -0.2) is 4.98 Å². The van der Waals surface area contributed by atoms with Crippen LogP contribution in [0.1, 0.15) is 31.4 Å². The molecule has 1 atom stereocenters. The second kappa shape index (κ2) is 8.65. The zero-order valence-corrected chi connectivity index (χ0v) is 19.1. The van der Waals surface area contributed by atoms with Crippen LogP contribution in [0.2, 0.25) is 5.02 Å². The van der Waals surface area contributed by atoms with E-state index < -0.39 is 11.2 Å². The van der Waals surface area contributed by atoms with Crippen LogP contribution in [0.15, 0.2) is 29.2 Å². The standard InChI is InChI=1S/C22H28ClN5O2S/c23-16-3-5-17(6-4-16)27-10-12-28(13-11-27)21-24-18-7-14-31(30)19(18)20(25-21)26-22(15-29)8-1-2-9-22/h3-6,29H,1-2,7-15H2,(H,24,25,26). The normalized spacial score (nSPS) is 22.6. The van der Waals surface area contributed by atoms with Gasteiger partial charge in [0.1, 0.15) is 11.4 Å². The minimum atomic E-state index is -1.08. The summed E-state index contributed by atoms with van der Waals surface area (Å²) in [5.41, 5.74) is 1.69. The molecule has 2 aliphatic heterocycles. The molecule has 0 bridgehead atoms. The number of aryl methyl sites for hydroxylation is 1. The second-order valence-electron chi connectivity index (χ2n) is 8.67. The lowest BCUT2D eigenvalue weighted by Crippen LogP contribution is -2.47. The maximum Gasteiger partial charge on any atom is 0.228 e. The van der Waals surface area contributed by atoms with Crippen LogP contribution >= 0.6 is 11.6 Å². The van der Waals surface area contributed by atoms with Gasteiger partial charge in [0.15, 0.2) is 5.82 Å². The van der Waals surface area contributed by atoms with E-state index in [1.165, 1.54) is 5.69 Å². The lowest BCUT2D eigenvalue weighted by molar-refractivity contribution is 0.213. The molecule has 0 radical (unpaired) electrons. The molecule has 31 heavy (non-hydrogen) atoms. The SMILES string of the molecule is [O-][S+]1CCc2nc(N3CCN(c4ccc(Cl)cc4)CC3)nc(NC3(CO)CCCC3)c21. The Labute approximate surface area is 191 Å². The van der Waals surface area contributed by atoms with Crippen LogP contribution < -0.4 is 15.1 Å². The number of nitrogens with one attached hydrogen (secondary N) is 1. The van der Waals surface area contributed by atoms with E-state index in [9.17, 15) is 9.66 Å². The van der Waals surface area contributed by atoms with Gasteiger partial charge >= 0.3 is 0 Å². The van der Waals surface area contributed by atoms with Crippen LogP contribution in [0.4, 0.5) is 17.5 Å². The minimum Gasteiger partial charge on any atom is -0.611 e. The van der Waals surface area contributed by atoms with E-state index in [4.69, 9.17) is 21.6 Å². The predicted octanol–water partition coefficient (Wildman–Crippen LogP) is 2.84. The topological polar surface area (TPSA) is 87.6 Å². The first-order valence-electron chi connectivity index (χ1n) is 11.0. The van der Waals surface area contributed by atoms with Crippen LogP contribution in [0.5, 0.6) is 0 Å². The number of anilines is 3. The molecule has 0 amide bonds. The first-order chi connectivity index (χ1) is 15.1. The van der Waals surface area contributed by atoms with E-state index in [0.717, 1.165) is 67.5 Å². The average Bonchev–Trinajstić information content (AvgIpc) is 3.42. The zero-order valence-electron chi connectivity index (χ0n) is 17.5. The van der Waals surface area contributed by atoms with Gasteiger partial charge in [-0.05, 0) is 48.3 Å². The Kier molecular flexibility index (Phi) is 5.90. The van der Waals surface area contributed by atoms with Crippen molar-refractivity contribution in [2.75, 3.05) is 53.7 Å². The Balaban J connectivity index is 1.37. The van der Waals surface area contributed by atoms with Crippen molar-refractivity contribution >= 4 is 40.2 Å². The average molecular weight is 462 g/mol. The van der Waals surface area contributed by atoms with Crippen molar-refractivity contribution in [1.29, 1.82) is 0 Å². The molecule has 1 saturated heterocycles. The first-order valence-corrected chi connectivity index (χ1v) is 12.7. The molecular formula is C22H28ClN5O2S. The van der Waals surface area contributed by atoms with Crippen molar-refractivity contribution in [2.45, 2.75) is 42.5 Å². The van der Waals surface area contributed by atoms with Crippen molar-refractivity contribution in [3.05, 3.63) is 35.0 Å². The molecule has 2 fully saturated rings. The van der Waals surface area contributed by atoms with Crippen LogP contribution in [-0.2, 0) is 17.6 Å². The molecule has 9 heteroatoms. The fourth-order valence-electron chi connectivity index (χ4n) is 4.85. The lowest BCUT2D eigenvalue weighted by Gasteiger charge is -2.36. The summed E-state index contributed by atoms with van der Waals surface area (Å²) in [5, 5.41) is 14.3. The summed E-state index contributed by atoms with van der Waals surface area (Å²) < 4.78 is 12.7. The second-order valence-corrected chi connectivity index (χ2v) is 10.6. The van der Waals surface area contributed by atoms with Gasteiger partial charge in [0.2, 0.25) is 10.8 Å². The summed E-state index contributed by atoms with van der Waals surface area (Å²) in [6.45, 7) is 3.44. The lowest BCUT2D eigenvalue weighted by atomic mass is 9.99. The fourth-order valence-corrected chi connectivity index (χ4v) is 6.28. The van der Waals surface area contributed by atoms with Crippen LogP contribution in [0.3, 0.4) is 0 Å². The van der Waals surface area contributed by atoms with Gasteiger partial charge in [-0.15, -0.1) is 0 Å². The van der Waals surface area contributed by atoms with E-state index >= 15 is 0 Å². The van der Waals surface area contributed by atoms with Crippen LogP contribution in [-0.4, -0.2) is 63.7 Å². The maximum absolute atomic E-state index is 12.7. The number of rotatable bonds is 5. The molecule has 1 unspecified atom stereocenters. The number of fused-ring (bicyclic) bond motifs is 1. The van der Waals surface area contributed by atoms with Crippen LogP contribution in [0, 0.1) is 0 Å². The molecule has 1 aliphatic carbocycles. The van der Waals surface area contributed by atoms with Crippen molar-refractivity contribution in [1.82, 2.24) is 9.97 Å². The Bertz CT molecular complexity index is 930.